The van der Waals surface area contributed by atoms with Gasteiger partial charge in [-0.15, -0.1) is 5.10 Å². The van der Waals surface area contributed by atoms with E-state index < -0.39 is 12.0 Å². The molecule has 21 heavy (non-hydrogen) atoms. The lowest BCUT2D eigenvalue weighted by Crippen LogP contribution is -2.56. The number of piperidine rings is 1. The van der Waals surface area contributed by atoms with Crippen LogP contribution >= 0.6 is 0 Å². The number of hydrogen-bond donors (Lipinski definition) is 1. The van der Waals surface area contributed by atoms with Crippen LogP contribution in [0.3, 0.4) is 0 Å². The molecule has 2 fully saturated rings. The molecule has 1 aromatic heterocycles. The molecule has 1 N–H and O–H groups in total. The maximum Gasteiger partial charge on any atom is 0.326 e. The van der Waals surface area contributed by atoms with E-state index in [0.29, 0.717) is 18.3 Å². The zero-order valence-electron chi connectivity index (χ0n) is 12.6. The Morgan fingerprint density at radius 1 is 1.10 bits per heavy atom. The van der Waals surface area contributed by atoms with Crippen molar-refractivity contribution in [2.45, 2.75) is 64.5 Å². The van der Waals surface area contributed by atoms with E-state index in [1.165, 1.54) is 12.8 Å². The summed E-state index contributed by atoms with van der Waals surface area (Å²) in [7, 11) is 0. The van der Waals surface area contributed by atoms with E-state index in [9.17, 15) is 9.90 Å². The number of aryl methyl sites for hydroxylation is 2. The number of carboxylic acids is 1. The molecule has 1 aliphatic heterocycles. The molecule has 3 atom stereocenters. The minimum atomic E-state index is -0.777. The van der Waals surface area contributed by atoms with Gasteiger partial charge in [-0.2, -0.15) is 5.10 Å². The molecule has 3 rings (SSSR count). The number of hydrogen-bond acceptors (Lipinski definition) is 5. The SMILES string of the molecule is Cc1nnc(N2C(C(=O)O)CCC3CCCCC32)nc1C. The van der Waals surface area contributed by atoms with E-state index in [1.54, 1.807) is 0 Å². The first kappa shape index (κ1) is 14.2. The van der Waals surface area contributed by atoms with Gasteiger partial charge in [0.25, 0.3) is 0 Å². The molecule has 0 amide bonds. The number of fused-ring (bicyclic) bond motifs is 1. The van der Waals surface area contributed by atoms with Gasteiger partial charge in [0, 0.05) is 6.04 Å². The van der Waals surface area contributed by atoms with Crippen LogP contribution in [0.4, 0.5) is 5.95 Å². The van der Waals surface area contributed by atoms with Crippen molar-refractivity contribution in [3.8, 4) is 0 Å². The van der Waals surface area contributed by atoms with Gasteiger partial charge in [-0.1, -0.05) is 12.8 Å². The van der Waals surface area contributed by atoms with Gasteiger partial charge in [0.2, 0.25) is 5.95 Å². The maximum absolute atomic E-state index is 11.6. The average molecular weight is 290 g/mol. The molecule has 0 radical (unpaired) electrons. The van der Waals surface area contributed by atoms with Crippen LogP contribution in [0.5, 0.6) is 0 Å². The van der Waals surface area contributed by atoms with Crippen LogP contribution in [0.1, 0.15) is 49.9 Å². The highest BCUT2D eigenvalue weighted by Gasteiger charge is 2.42. The van der Waals surface area contributed by atoms with Crippen molar-refractivity contribution >= 4 is 11.9 Å². The Morgan fingerprint density at radius 2 is 1.86 bits per heavy atom. The molecule has 2 heterocycles. The molecular formula is C15H22N4O2. The number of aromatic nitrogens is 3. The molecule has 0 bridgehead atoms. The Bertz CT molecular complexity index is 548. The summed E-state index contributed by atoms with van der Waals surface area (Å²) in [4.78, 5) is 18.1. The average Bonchev–Trinajstić information content (AvgIpc) is 2.49. The van der Waals surface area contributed by atoms with Crippen molar-refractivity contribution in [2.24, 2.45) is 5.92 Å². The van der Waals surface area contributed by atoms with Gasteiger partial charge < -0.3 is 10.0 Å². The van der Waals surface area contributed by atoms with E-state index >= 15 is 0 Å². The Labute approximate surface area is 124 Å². The van der Waals surface area contributed by atoms with Crippen molar-refractivity contribution in [1.29, 1.82) is 0 Å². The molecule has 6 nitrogen and oxygen atoms in total. The molecule has 1 saturated carbocycles. The lowest BCUT2D eigenvalue weighted by molar-refractivity contribution is -0.139. The number of carbonyl (C=O) groups is 1. The summed E-state index contributed by atoms with van der Waals surface area (Å²) >= 11 is 0. The highest BCUT2D eigenvalue weighted by Crippen LogP contribution is 2.39. The van der Waals surface area contributed by atoms with Gasteiger partial charge >= 0.3 is 5.97 Å². The molecular weight excluding hydrogens is 268 g/mol. The molecule has 3 unspecified atom stereocenters. The quantitative estimate of drug-likeness (QED) is 0.898. The molecule has 6 heteroatoms. The number of carboxylic acid groups (broad SMARTS) is 1. The largest absolute Gasteiger partial charge is 0.480 e. The van der Waals surface area contributed by atoms with Crippen LogP contribution in [-0.4, -0.2) is 38.3 Å². The fourth-order valence-electron chi connectivity index (χ4n) is 3.72. The third kappa shape index (κ3) is 2.59. The zero-order chi connectivity index (χ0) is 15.0. The highest BCUT2D eigenvalue weighted by molar-refractivity contribution is 5.77. The first-order chi connectivity index (χ1) is 10.1. The lowest BCUT2D eigenvalue weighted by atomic mass is 9.76. The van der Waals surface area contributed by atoms with Crippen LogP contribution in [0, 0.1) is 19.8 Å². The number of anilines is 1. The number of nitrogens with zero attached hydrogens (tertiary/aromatic N) is 4. The van der Waals surface area contributed by atoms with Crippen LogP contribution in [0.2, 0.25) is 0 Å². The summed E-state index contributed by atoms with van der Waals surface area (Å²) < 4.78 is 0. The van der Waals surface area contributed by atoms with Crippen LogP contribution in [-0.2, 0) is 4.79 Å². The van der Waals surface area contributed by atoms with E-state index in [0.717, 1.165) is 30.7 Å². The third-order valence-corrected chi connectivity index (χ3v) is 4.97. The third-order valence-electron chi connectivity index (χ3n) is 4.97. The van der Waals surface area contributed by atoms with E-state index in [-0.39, 0.29) is 6.04 Å². The Balaban J connectivity index is 1.98. The Morgan fingerprint density at radius 3 is 2.57 bits per heavy atom. The normalized spacial score (nSPS) is 29.0. The van der Waals surface area contributed by atoms with Crippen molar-refractivity contribution in [2.75, 3.05) is 4.90 Å². The predicted molar refractivity (Wildman–Crippen MR) is 78.2 cm³/mol. The first-order valence-electron chi connectivity index (χ1n) is 7.77. The standard InChI is InChI=1S/C15H22N4O2/c1-9-10(2)17-18-15(16-9)19-12-6-4-3-5-11(12)7-8-13(19)14(20)21/h11-13H,3-8H2,1-2H3,(H,20,21). The fourth-order valence-corrected chi connectivity index (χ4v) is 3.72. The van der Waals surface area contributed by atoms with Crippen molar-refractivity contribution in [3.63, 3.8) is 0 Å². The zero-order valence-corrected chi connectivity index (χ0v) is 12.6. The molecule has 0 aromatic carbocycles. The van der Waals surface area contributed by atoms with Crippen LogP contribution < -0.4 is 4.90 Å². The molecule has 2 aliphatic rings. The Kier molecular flexibility index (Phi) is 3.78. The Hall–Kier alpha value is -1.72. The molecule has 114 valence electrons. The fraction of sp³-hybridized carbons (Fsp3) is 0.733. The molecule has 0 spiro atoms. The second-order valence-electron chi connectivity index (χ2n) is 6.23. The molecule has 1 aromatic rings. The van der Waals surface area contributed by atoms with Crippen molar-refractivity contribution in [3.05, 3.63) is 11.4 Å². The topological polar surface area (TPSA) is 79.2 Å². The van der Waals surface area contributed by atoms with Gasteiger partial charge in [0.15, 0.2) is 0 Å². The molecule has 1 saturated heterocycles. The van der Waals surface area contributed by atoms with Crippen LogP contribution in [0.15, 0.2) is 0 Å². The monoisotopic (exact) mass is 290 g/mol. The van der Waals surface area contributed by atoms with E-state index in [2.05, 4.69) is 15.2 Å². The second-order valence-corrected chi connectivity index (χ2v) is 6.23. The van der Waals surface area contributed by atoms with Gasteiger partial charge in [0.1, 0.15) is 6.04 Å². The second kappa shape index (κ2) is 5.58. The highest BCUT2D eigenvalue weighted by atomic mass is 16.4. The first-order valence-corrected chi connectivity index (χ1v) is 7.77. The van der Waals surface area contributed by atoms with Gasteiger partial charge in [0.05, 0.1) is 11.4 Å². The summed E-state index contributed by atoms with van der Waals surface area (Å²) in [6, 6.07) is -0.272. The summed E-state index contributed by atoms with van der Waals surface area (Å²) in [5.41, 5.74) is 1.62. The maximum atomic E-state index is 11.6. The van der Waals surface area contributed by atoms with E-state index in [1.807, 2.05) is 18.7 Å². The number of aliphatic carboxylic acids is 1. The number of rotatable bonds is 2. The molecule has 1 aliphatic carbocycles. The van der Waals surface area contributed by atoms with Crippen molar-refractivity contribution in [1.82, 2.24) is 15.2 Å². The van der Waals surface area contributed by atoms with Crippen molar-refractivity contribution < 1.29 is 9.90 Å². The predicted octanol–water partition coefficient (Wildman–Crippen LogP) is 2.10. The van der Waals surface area contributed by atoms with E-state index in [4.69, 9.17) is 0 Å². The summed E-state index contributed by atoms with van der Waals surface area (Å²) in [6.45, 7) is 3.76. The summed E-state index contributed by atoms with van der Waals surface area (Å²) in [5, 5.41) is 17.9. The smallest absolute Gasteiger partial charge is 0.326 e. The minimum Gasteiger partial charge on any atom is -0.480 e. The summed E-state index contributed by atoms with van der Waals surface area (Å²) in [5.74, 6) is 0.280. The minimum absolute atomic E-state index is 0.248. The van der Waals surface area contributed by atoms with Gasteiger partial charge in [-0.3, -0.25) is 0 Å². The van der Waals surface area contributed by atoms with Crippen LogP contribution in [0.25, 0.3) is 0 Å². The summed E-state index contributed by atoms with van der Waals surface area (Å²) in [6.07, 6.45) is 6.29. The lowest BCUT2D eigenvalue weighted by Gasteiger charge is -2.47. The van der Waals surface area contributed by atoms with Gasteiger partial charge in [-0.25, -0.2) is 9.78 Å². The van der Waals surface area contributed by atoms with Gasteiger partial charge in [-0.05, 0) is 45.4 Å².